The van der Waals surface area contributed by atoms with Crippen molar-refractivity contribution in [2.45, 2.75) is 83.8 Å². The van der Waals surface area contributed by atoms with E-state index in [1.807, 2.05) is 6.92 Å². The molecule has 206 valence electrons. The Morgan fingerprint density at radius 1 is 1.18 bits per heavy atom. The van der Waals surface area contributed by atoms with Crippen LogP contribution in [-0.4, -0.2) is 57.9 Å². The van der Waals surface area contributed by atoms with E-state index in [0.717, 1.165) is 51.4 Å². The number of H-pyrrole nitrogens is 1. The van der Waals surface area contributed by atoms with Crippen molar-refractivity contribution < 1.29 is 23.5 Å². The number of likely N-dealkylation sites (tertiary alicyclic amines) is 1. The molecule has 0 radical (unpaired) electrons. The van der Waals surface area contributed by atoms with Crippen LogP contribution in [0.5, 0.6) is 0 Å². The summed E-state index contributed by atoms with van der Waals surface area (Å²) in [5.41, 5.74) is 1.13. The number of hydrogen-bond donors (Lipinski definition) is 2. The van der Waals surface area contributed by atoms with E-state index < -0.39 is 18.0 Å². The Labute approximate surface area is 221 Å². The van der Waals surface area contributed by atoms with E-state index in [0.29, 0.717) is 29.7 Å². The third kappa shape index (κ3) is 6.76. The van der Waals surface area contributed by atoms with Crippen LogP contribution in [0, 0.1) is 17.7 Å². The molecule has 10 heteroatoms. The Morgan fingerprint density at radius 2 is 2.00 bits per heavy atom. The molecule has 9 nitrogen and oxygen atoms in total. The fourth-order valence-corrected chi connectivity index (χ4v) is 5.91. The van der Waals surface area contributed by atoms with Crippen molar-refractivity contribution in [2.24, 2.45) is 11.8 Å². The number of ketones is 1. The summed E-state index contributed by atoms with van der Waals surface area (Å²) in [5.74, 6) is -0.311. The summed E-state index contributed by atoms with van der Waals surface area (Å²) in [5, 5.41) is 2.57. The fraction of sp³-hybridized carbons (Fsp3) is 0.607. The molecule has 4 atom stereocenters. The maximum absolute atomic E-state index is 13.4. The molecule has 1 aromatic heterocycles. The maximum atomic E-state index is 13.4. The van der Waals surface area contributed by atoms with E-state index >= 15 is 0 Å². The van der Waals surface area contributed by atoms with Crippen molar-refractivity contribution in [2.75, 3.05) is 13.1 Å². The zero-order chi connectivity index (χ0) is 27.2. The Hall–Kier alpha value is -3.30. The third-order valence-corrected chi connectivity index (χ3v) is 7.88. The SMILES string of the molecule is CC(=O)[C@@H]1[C@H](C)CCN1C(=O)CNC(=O)OC1CCC[C@H]1CCCCCc1nc2ccc(F)cc2[nH]c1=O. The number of ether oxygens (including phenoxy) is 1. The molecule has 1 saturated heterocycles. The molecule has 4 rings (SSSR count). The molecule has 1 unspecified atom stereocenters. The topological polar surface area (TPSA) is 121 Å². The predicted molar refractivity (Wildman–Crippen MR) is 140 cm³/mol. The summed E-state index contributed by atoms with van der Waals surface area (Å²) in [7, 11) is 0. The molecule has 2 aliphatic rings. The standard InChI is InChI=1S/C28H37FN4O5/c1-17-13-14-33(26(17)18(2)34)25(35)16-30-28(37)38-24-10-6-8-19(24)7-4-3-5-9-22-27(36)32-23-15-20(29)11-12-21(23)31-22/h11-12,15,17,19,24,26H,3-10,13-14,16H2,1-2H3,(H,30,37)(H,32,36)/t17-,19-,24?,26+/m1/s1. The second-order valence-corrected chi connectivity index (χ2v) is 10.7. The molecular weight excluding hydrogens is 491 g/mol. The molecule has 1 aliphatic heterocycles. The normalized spacial score (nSPS) is 23.1. The van der Waals surface area contributed by atoms with Crippen LogP contribution in [0.25, 0.3) is 11.0 Å². The van der Waals surface area contributed by atoms with Gasteiger partial charge in [-0.1, -0.05) is 19.8 Å². The highest BCUT2D eigenvalue weighted by Crippen LogP contribution is 2.32. The van der Waals surface area contributed by atoms with Crippen molar-refractivity contribution in [3.63, 3.8) is 0 Å². The van der Waals surface area contributed by atoms with Gasteiger partial charge < -0.3 is 19.9 Å². The van der Waals surface area contributed by atoms with Crippen molar-refractivity contribution in [3.05, 3.63) is 40.1 Å². The maximum Gasteiger partial charge on any atom is 0.407 e. The largest absolute Gasteiger partial charge is 0.446 e. The van der Waals surface area contributed by atoms with E-state index in [1.54, 1.807) is 11.0 Å². The number of alkyl carbamates (subject to hydrolysis) is 1. The molecular formula is C28H37FN4O5. The van der Waals surface area contributed by atoms with Crippen molar-refractivity contribution >= 4 is 28.8 Å². The van der Waals surface area contributed by atoms with Gasteiger partial charge in [0, 0.05) is 6.54 Å². The molecule has 2 heterocycles. The molecule has 1 aliphatic carbocycles. The van der Waals surface area contributed by atoms with E-state index in [2.05, 4.69) is 15.3 Å². The highest BCUT2D eigenvalue weighted by molar-refractivity contribution is 5.90. The zero-order valence-corrected chi connectivity index (χ0v) is 22.1. The predicted octanol–water partition coefficient (Wildman–Crippen LogP) is 3.89. The molecule has 2 aromatic rings. The van der Waals surface area contributed by atoms with Crippen LogP contribution in [0.4, 0.5) is 9.18 Å². The van der Waals surface area contributed by atoms with Crippen LogP contribution in [0.1, 0.15) is 70.9 Å². The molecule has 2 fully saturated rings. The van der Waals surface area contributed by atoms with Crippen LogP contribution < -0.4 is 10.9 Å². The van der Waals surface area contributed by atoms with Gasteiger partial charge in [-0.2, -0.15) is 0 Å². The summed E-state index contributed by atoms with van der Waals surface area (Å²) in [6, 6.07) is 3.74. The number of amides is 2. The fourth-order valence-electron chi connectivity index (χ4n) is 5.91. The first kappa shape index (κ1) is 27.7. The number of Topliss-reactive ketones (excluding diaryl/α,β-unsaturated/α-hetero) is 1. The smallest absolute Gasteiger partial charge is 0.407 e. The number of carbonyl (C=O) groups excluding carboxylic acids is 3. The first-order valence-electron chi connectivity index (χ1n) is 13.7. The summed E-state index contributed by atoms with van der Waals surface area (Å²) >= 11 is 0. The minimum Gasteiger partial charge on any atom is -0.446 e. The number of aryl methyl sites for hydroxylation is 1. The molecule has 1 saturated carbocycles. The molecule has 2 amide bonds. The Morgan fingerprint density at radius 3 is 2.79 bits per heavy atom. The molecule has 38 heavy (non-hydrogen) atoms. The van der Waals surface area contributed by atoms with Gasteiger partial charge >= 0.3 is 6.09 Å². The Balaban J connectivity index is 1.17. The van der Waals surface area contributed by atoms with Gasteiger partial charge in [0.15, 0.2) is 5.78 Å². The summed E-state index contributed by atoms with van der Waals surface area (Å²) in [4.78, 5) is 57.8. The number of nitrogens with zero attached hydrogens (tertiary/aromatic N) is 2. The zero-order valence-electron chi connectivity index (χ0n) is 22.1. The number of aromatic nitrogens is 2. The van der Waals surface area contributed by atoms with Crippen LogP contribution in [0.15, 0.2) is 23.0 Å². The highest BCUT2D eigenvalue weighted by atomic mass is 19.1. The summed E-state index contributed by atoms with van der Waals surface area (Å²) in [6.07, 6.45) is 6.93. The number of benzene rings is 1. The van der Waals surface area contributed by atoms with E-state index in [1.165, 1.54) is 19.1 Å². The molecule has 0 spiro atoms. The average molecular weight is 529 g/mol. The molecule has 0 bridgehead atoms. The van der Waals surface area contributed by atoms with E-state index in [4.69, 9.17) is 4.74 Å². The first-order chi connectivity index (χ1) is 18.2. The lowest BCUT2D eigenvalue weighted by Gasteiger charge is -2.25. The van der Waals surface area contributed by atoms with Gasteiger partial charge in [-0.25, -0.2) is 14.2 Å². The van der Waals surface area contributed by atoms with Crippen LogP contribution in [-0.2, 0) is 20.7 Å². The third-order valence-electron chi connectivity index (χ3n) is 7.88. The Kier molecular flexibility index (Phi) is 9.12. The van der Waals surface area contributed by atoms with Crippen molar-refractivity contribution in [3.8, 4) is 0 Å². The second-order valence-electron chi connectivity index (χ2n) is 10.7. The second kappa shape index (κ2) is 12.5. The quantitative estimate of drug-likeness (QED) is 0.452. The number of hydrogen-bond acceptors (Lipinski definition) is 6. The number of aromatic amines is 1. The monoisotopic (exact) mass is 528 g/mol. The van der Waals surface area contributed by atoms with Gasteiger partial charge in [0.05, 0.1) is 17.1 Å². The van der Waals surface area contributed by atoms with Gasteiger partial charge in [-0.3, -0.25) is 14.4 Å². The summed E-state index contributed by atoms with van der Waals surface area (Å²) < 4.78 is 19.0. The first-order valence-corrected chi connectivity index (χ1v) is 13.7. The van der Waals surface area contributed by atoms with E-state index in [9.17, 15) is 23.6 Å². The number of fused-ring (bicyclic) bond motifs is 1. The number of carbonyl (C=O) groups is 3. The van der Waals surface area contributed by atoms with Gasteiger partial charge in [0.2, 0.25) is 5.91 Å². The van der Waals surface area contributed by atoms with Gasteiger partial charge in [0.1, 0.15) is 24.2 Å². The lowest BCUT2D eigenvalue weighted by molar-refractivity contribution is -0.136. The molecule has 1 aromatic carbocycles. The van der Waals surface area contributed by atoms with Crippen LogP contribution >= 0.6 is 0 Å². The number of unbranched alkanes of at least 4 members (excludes halogenated alkanes) is 2. The van der Waals surface area contributed by atoms with Gasteiger partial charge in [0.25, 0.3) is 5.56 Å². The minimum absolute atomic E-state index is 0.0308. The highest BCUT2D eigenvalue weighted by Gasteiger charge is 2.37. The van der Waals surface area contributed by atoms with Crippen LogP contribution in [0.3, 0.4) is 0 Å². The molecule has 2 N–H and O–H groups in total. The lowest BCUT2D eigenvalue weighted by Crippen LogP contribution is -2.46. The van der Waals surface area contributed by atoms with Crippen molar-refractivity contribution in [1.82, 2.24) is 20.2 Å². The number of rotatable bonds is 10. The van der Waals surface area contributed by atoms with Crippen molar-refractivity contribution in [1.29, 1.82) is 0 Å². The van der Waals surface area contributed by atoms with Gasteiger partial charge in [-0.15, -0.1) is 0 Å². The lowest BCUT2D eigenvalue weighted by atomic mass is 9.97. The average Bonchev–Trinajstić information content (AvgIpc) is 3.48. The summed E-state index contributed by atoms with van der Waals surface area (Å²) in [6.45, 7) is 3.81. The number of nitrogens with one attached hydrogen (secondary N) is 2. The minimum atomic E-state index is -0.594. The van der Waals surface area contributed by atoms with E-state index in [-0.39, 0.29) is 41.7 Å². The van der Waals surface area contributed by atoms with Crippen LogP contribution in [0.2, 0.25) is 0 Å². The van der Waals surface area contributed by atoms with Gasteiger partial charge in [-0.05, 0) is 81.9 Å². The Bertz CT molecular complexity index is 1230. The number of halogens is 1.